The Morgan fingerprint density at radius 1 is 1.18 bits per heavy atom. The number of thiazole rings is 1. The second kappa shape index (κ2) is 11.1. The predicted molar refractivity (Wildman–Crippen MR) is 150 cm³/mol. The maximum absolute atomic E-state index is 12.8. The Hall–Kier alpha value is -2.89. The predicted octanol–water partition coefficient (Wildman–Crippen LogP) is 5.06. The van der Waals surface area contributed by atoms with Gasteiger partial charge in [0.2, 0.25) is 11.8 Å². The molecule has 0 radical (unpaired) electrons. The molecule has 1 atom stereocenters. The summed E-state index contributed by atoms with van der Waals surface area (Å²) in [5.41, 5.74) is 0.945. The van der Waals surface area contributed by atoms with Crippen molar-refractivity contribution >= 4 is 51.0 Å². The van der Waals surface area contributed by atoms with Gasteiger partial charge in [0.05, 0.1) is 30.5 Å². The van der Waals surface area contributed by atoms with Crippen molar-refractivity contribution in [2.45, 2.75) is 45.3 Å². The molecule has 2 saturated heterocycles. The van der Waals surface area contributed by atoms with Crippen LogP contribution in [0.2, 0.25) is 5.02 Å². The van der Waals surface area contributed by atoms with Crippen LogP contribution in [0.15, 0.2) is 18.2 Å². The standard InChI is InChI=1S/C26H33ClN6O4S/c1-26(2,3)37-25(34)33-9-5-6-17(15-33)28-21-20(23-29-18-14-16(27)7-8-19(18)38-23)22(35-4)31-24(30-21)32-10-12-36-13-11-32/h7-8,14,17H,5-6,9-13,15H2,1-4H3,(H,28,30,31). The third-order valence-corrected chi connectivity index (χ3v) is 7.62. The van der Waals surface area contributed by atoms with Crippen molar-refractivity contribution < 1.29 is 19.0 Å². The molecule has 1 unspecified atom stereocenters. The fraction of sp³-hybridized carbons (Fsp3) is 0.538. The normalized spacial score (nSPS) is 18.5. The molecular weight excluding hydrogens is 528 g/mol. The topological polar surface area (TPSA) is 102 Å². The van der Waals surface area contributed by atoms with Crippen molar-refractivity contribution in [1.29, 1.82) is 0 Å². The summed E-state index contributed by atoms with van der Waals surface area (Å²) in [6.07, 6.45) is 1.43. The number of hydrogen-bond acceptors (Lipinski definition) is 10. The lowest BCUT2D eigenvalue weighted by Crippen LogP contribution is -2.47. The van der Waals surface area contributed by atoms with Crippen molar-refractivity contribution in [1.82, 2.24) is 19.9 Å². The second-order valence-electron chi connectivity index (χ2n) is 10.4. The lowest BCUT2D eigenvalue weighted by molar-refractivity contribution is 0.0206. The molecule has 2 aliphatic rings. The van der Waals surface area contributed by atoms with Gasteiger partial charge in [-0.2, -0.15) is 9.97 Å². The number of morpholine rings is 1. The van der Waals surface area contributed by atoms with Gasteiger partial charge in [0.15, 0.2) is 0 Å². The van der Waals surface area contributed by atoms with Crippen LogP contribution in [0.5, 0.6) is 5.88 Å². The van der Waals surface area contributed by atoms with E-state index in [0.717, 1.165) is 28.1 Å². The van der Waals surface area contributed by atoms with Gasteiger partial charge in [-0.1, -0.05) is 11.6 Å². The third-order valence-electron chi connectivity index (χ3n) is 6.33. The summed E-state index contributed by atoms with van der Waals surface area (Å²) in [6.45, 7) is 9.40. The fourth-order valence-corrected chi connectivity index (χ4v) is 5.72. The number of hydrogen-bond donors (Lipinski definition) is 1. The Morgan fingerprint density at radius 2 is 1.97 bits per heavy atom. The van der Waals surface area contributed by atoms with Crippen molar-refractivity contribution in [3.05, 3.63) is 23.2 Å². The monoisotopic (exact) mass is 560 g/mol. The van der Waals surface area contributed by atoms with Crippen molar-refractivity contribution in [3.8, 4) is 16.5 Å². The molecule has 10 nitrogen and oxygen atoms in total. The van der Waals surface area contributed by atoms with E-state index in [0.29, 0.717) is 67.6 Å². The van der Waals surface area contributed by atoms with E-state index in [1.807, 2.05) is 39.0 Å². The molecular formula is C26H33ClN6O4S. The Kier molecular flexibility index (Phi) is 7.78. The molecule has 4 heterocycles. The zero-order valence-corrected chi connectivity index (χ0v) is 23.7. The van der Waals surface area contributed by atoms with Crippen LogP contribution in [0.4, 0.5) is 16.6 Å². The first-order chi connectivity index (χ1) is 18.2. The number of halogens is 1. The molecule has 2 aromatic heterocycles. The summed E-state index contributed by atoms with van der Waals surface area (Å²) in [4.78, 5) is 31.2. The number of piperidine rings is 1. The van der Waals surface area contributed by atoms with E-state index in [4.69, 9.17) is 40.8 Å². The van der Waals surface area contributed by atoms with Crippen molar-refractivity contribution in [3.63, 3.8) is 0 Å². The Morgan fingerprint density at radius 3 is 2.71 bits per heavy atom. The molecule has 0 bridgehead atoms. The highest BCUT2D eigenvalue weighted by atomic mass is 35.5. The number of nitrogens with zero attached hydrogens (tertiary/aromatic N) is 5. The number of ether oxygens (including phenoxy) is 3. The molecule has 5 rings (SSSR count). The molecule has 3 aromatic rings. The van der Waals surface area contributed by atoms with E-state index in [2.05, 4.69) is 10.2 Å². The molecule has 0 spiro atoms. The SMILES string of the molecule is COc1nc(N2CCOCC2)nc(NC2CCCN(C(=O)OC(C)(C)C)C2)c1-c1nc2cc(Cl)ccc2s1. The Bertz CT molecular complexity index is 1310. The highest BCUT2D eigenvalue weighted by Gasteiger charge is 2.30. The average molecular weight is 561 g/mol. The minimum Gasteiger partial charge on any atom is -0.480 e. The first-order valence-electron chi connectivity index (χ1n) is 12.8. The van der Waals surface area contributed by atoms with Crippen LogP contribution < -0.4 is 15.0 Å². The summed E-state index contributed by atoms with van der Waals surface area (Å²) in [5, 5.41) is 4.97. The van der Waals surface area contributed by atoms with Crippen LogP contribution in [0.25, 0.3) is 20.8 Å². The molecule has 0 saturated carbocycles. The van der Waals surface area contributed by atoms with E-state index in [9.17, 15) is 4.79 Å². The minimum atomic E-state index is -0.548. The first-order valence-corrected chi connectivity index (χ1v) is 14.0. The van der Waals surface area contributed by atoms with Crippen LogP contribution in [-0.4, -0.2) is 84.1 Å². The molecule has 0 aliphatic carbocycles. The lowest BCUT2D eigenvalue weighted by atomic mass is 10.1. The number of rotatable bonds is 5. The van der Waals surface area contributed by atoms with E-state index >= 15 is 0 Å². The van der Waals surface area contributed by atoms with Crippen molar-refractivity contribution in [2.24, 2.45) is 0 Å². The van der Waals surface area contributed by atoms with Gasteiger partial charge in [-0.3, -0.25) is 0 Å². The van der Waals surface area contributed by atoms with E-state index < -0.39 is 5.60 Å². The number of amides is 1. The van der Waals surface area contributed by atoms with Crippen LogP contribution in [-0.2, 0) is 9.47 Å². The number of likely N-dealkylation sites (tertiary alicyclic amines) is 1. The molecule has 12 heteroatoms. The minimum absolute atomic E-state index is 0.0315. The van der Waals surface area contributed by atoms with Crippen LogP contribution >= 0.6 is 22.9 Å². The maximum atomic E-state index is 12.8. The summed E-state index contributed by atoms with van der Waals surface area (Å²) in [6, 6.07) is 5.63. The quantitative estimate of drug-likeness (QED) is 0.458. The Labute approximate surface area is 231 Å². The number of carbonyl (C=O) groups is 1. The second-order valence-corrected chi connectivity index (χ2v) is 11.9. The summed E-state index contributed by atoms with van der Waals surface area (Å²) < 4.78 is 18.0. The van der Waals surface area contributed by atoms with Crippen LogP contribution in [0, 0.1) is 0 Å². The van der Waals surface area contributed by atoms with E-state index in [1.165, 1.54) is 11.3 Å². The summed E-state index contributed by atoms with van der Waals surface area (Å²) in [7, 11) is 1.60. The van der Waals surface area contributed by atoms with Gasteiger partial charge < -0.3 is 29.3 Å². The molecule has 2 fully saturated rings. The third kappa shape index (κ3) is 6.05. The van der Waals surface area contributed by atoms with Gasteiger partial charge in [-0.05, 0) is 51.8 Å². The smallest absolute Gasteiger partial charge is 0.410 e. The number of aromatic nitrogens is 3. The van der Waals surface area contributed by atoms with E-state index in [1.54, 1.807) is 12.0 Å². The van der Waals surface area contributed by atoms with Gasteiger partial charge >= 0.3 is 6.09 Å². The average Bonchev–Trinajstić information content (AvgIpc) is 3.30. The number of methoxy groups -OCH3 is 1. The number of anilines is 2. The van der Waals surface area contributed by atoms with Gasteiger partial charge in [0.25, 0.3) is 0 Å². The van der Waals surface area contributed by atoms with Gasteiger partial charge in [-0.25, -0.2) is 9.78 Å². The summed E-state index contributed by atoms with van der Waals surface area (Å²) in [5.74, 6) is 1.63. The molecule has 1 aromatic carbocycles. The number of carbonyl (C=O) groups excluding carboxylic acids is 1. The zero-order chi connectivity index (χ0) is 26.9. The molecule has 1 amide bonds. The number of benzene rings is 1. The van der Waals surface area contributed by atoms with Crippen LogP contribution in [0.1, 0.15) is 33.6 Å². The number of nitrogens with one attached hydrogen (secondary N) is 1. The largest absolute Gasteiger partial charge is 0.480 e. The van der Waals surface area contributed by atoms with Gasteiger partial charge in [0.1, 0.15) is 22.0 Å². The maximum Gasteiger partial charge on any atom is 0.410 e. The highest BCUT2D eigenvalue weighted by Crippen LogP contribution is 2.41. The van der Waals surface area contributed by atoms with E-state index in [-0.39, 0.29) is 12.1 Å². The van der Waals surface area contributed by atoms with Crippen molar-refractivity contribution in [2.75, 3.05) is 56.7 Å². The molecule has 1 N–H and O–H groups in total. The number of fused-ring (bicyclic) bond motifs is 1. The summed E-state index contributed by atoms with van der Waals surface area (Å²) >= 11 is 7.75. The Balaban J connectivity index is 1.51. The molecule has 204 valence electrons. The fourth-order valence-electron chi connectivity index (χ4n) is 4.57. The van der Waals surface area contributed by atoms with Gasteiger partial charge in [-0.15, -0.1) is 11.3 Å². The highest BCUT2D eigenvalue weighted by molar-refractivity contribution is 7.21. The molecule has 38 heavy (non-hydrogen) atoms. The van der Waals surface area contributed by atoms with Gasteiger partial charge in [0, 0.05) is 37.2 Å². The van der Waals surface area contributed by atoms with Crippen LogP contribution in [0.3, 0.4) is 0 Å². The lowest BCUT2D eigenvalue weighted by Gasteiger charge is -2.35. The zero-order valence-electron chi connectivity index (χ0n) is 22.1. The molecule has 2 aliphatic heterocycles. The first kappa shape index (κ1) is 26.7.